The molecule has 5 rings (SSSR count). The van der Waals surface area contributed by atoms with Gasteiger partial charge in [0.05, 0.1) is 9.79 Å². The second-order valence-corrected chi connectivity index (χ2v) is 16.3. The largest absolute Gasteiger partial charge is 0.508 e. The summed E-state index contributed by atoms with van der Waals surface area (Å²) < 4.78 is 68.9. The van der Waals surface area contributed by atoms with Crippen molar-refractivity contribution in [3.63, 3.8) is 0 Å². The van der Waals surface area contributed by atoms with E-state index in [1.165, 1.54) is 42.5 Å². The Morgan fingerprint density at radius 1 is 0.518 bits per heavy atom. The molecule has 14 nitrogen and oxygen atoms in total. The highest BCUT2D eigenvalue weighted by Gasteiger charge is 2.20. The maximum Gasteiger partial charge on any atom is 0.261 e. The average molecular weight is 807 g/mol. The minimum atomic E-state index is -4.12. The third-order valence-corrected chi connectivity index (χ3v) is 11.1. The van der Waals surface area contributed by atoms with Gasteiger partial charge in [0.25, 0.3) is 20.0 Å². The van der Waals surface area contributed by atoms with Crippen molar-refractivity contribution in [2.45, 2.75) is 34.8 Å². The first-order valence-corrected chi connectivity index (χ1v) is 20.8. The van der Waals surface area contributed by atoms with Crippen LogP contribution in [0.2, 0.25) is 0 Å². The molecule has 8 N–H and O–H groups in total. The molecule has 0 aliphatic heterocycles. The van der Waals surface area contributed by atoms with Crippen LogP contribution in [0, 0.1) is 0 Å². The molecule has 0 aliphatic carbocycles. The summed E-state index contributed by atoms with van der Waals surface area (Å²) in [5.41, 5.74) is 2.48. The van der Waals surface area contributed by atoms with Crippen LogP contribution in [0.3, 0.4) is 0 Å². The van der Waals surface area contributed by atoms with Gasteiger partial charge in [-0.2, -0.15) is 0 Å². The quantitative estimate of drug-likeness (QED) is 0.0469. The molecular formula is C40H46N4O10S2. The number of ether oxygens (including phenoxy) is 2. The molecule has 5 aromatic carbocycles. The Balaban J connectivity index is 1.03. The van der Waals surface area contributed by atoms with E-state index in [4.69, 9.17) is 9.47 Å². The Labute approximate surface area is 326 Å². The van der Waals surface area contributed by atoms with Crippen molar-refractivity contribution in [3.8, 4) is 23.0 Å². The zero-order valence-electron chi connectivity index (χ0n) is 30.4. The van der Waals surface area contributed by atoms with E-state index in [1.54, 1.807) is 72.8 Å². The monoisotopic (exact) mass is 806 g/mol. The van der Waals surface area contributed by atoms with Crippen molar-refractivity contribution in [2.24, 2.45) is 0 Å². The lowest BCUT2D eigenvalue weighted by molar-refractivity contribution is 0.106. The number of phenolic OH excluding ortho intramolecular Hbond substituents is 2. The number of aromatic hydroxyl groups is 2. The van der Waals surface area contributed by atoms with Crippen molar-refractivity contribution in [3.05, 3.63) is 132 Å². The van der Waals surface area contributed by atoms with Crippen molar-refractivity contribution in [2.75, 3.05) is 48.8 Å². The summed E-state index contributed by atoms with van der Waals surface area (Å²) in [6.45, 7) is 1.91. The number of aliphatic hydroxyl groups excluding tert-OH is 2. The van der Waals surface area contributed by atoms with Gasteiger partial charge in [-0.3, -0.25) is 9.44 Å². The summed E-state index contributed by atoms with van der Waals surface area (Å²) in [6, 6.07) is 31.1. The fraction of sp³-hybridized carbons (Fsp3) is 0.250. The highest BCUT2D eigenvalue weighted by molar-refractivity contribution is 7.93. The van der Waals surface area contributed by atoms with Gasteiger partial charge in [-0.05, 0) is 128 Å². The first-order valence-electron chi connectivity index (χ1n) is 17.8. The van der Waals surface area contributed by atoms with Crippen LogP contribution in [0.25, 0.3) is 0 Å². The number of benzene rings is 5. The zero-order valence-corrected chi connectivity index (χ0v) is 32.0. The van der Waals surface area contributed by atoms with Gasteiger partial charge in [0.1, 0.15) is 48.4 Å². The molecule has 16 heteroatoms. The van der Waals surface area contributed by atoms with Gasteiger partial charge in [-0.15, -0.1) is 0 Å². The van der Waals surface area contributed by atoms with E-state index in [9.17, 15) is 37.3 Å². The molecule has 5 aromatic rings. The number of sulfonamides is 2. The first kappa shape index (κ1) is 41.8. The molecule has 2 atom stereocenters. The molecule has 0 saturated carbocycles. The van der Waals surface area contributed by atoms with E-state index in [0.29, 0.717) is 61.9 Å². The molecule has 0 heterocycles. The second-order valence-electron chi connectivity index (χ2n) is 12.9. The van der Waals surface area contributed by atoms with Gasteiger partial charge >= 0.3 is 0 Å². The molecule has 0 fully saturated rings. The summed E-state index contributed by atoms with van der Waals surface area (Å²) in [5, 5.41) is 45.3. The van der Waals surface area contributed by atoms with Gasteiger partial charge in [0, 0.05) is 24.5 Å². The number of anilines is 2. The fourth-order valence-electron chi connectivity index (χ4n) is 5.31. The Hall–Kier alpha value is -5.36. The summed E-state index contributed by atoms with van der Waals surface area (Å²) in [7, 11) is -8.25. The van der Waals surface area contributed by atoms with E-state index in [0.717, 1.165) is 17.2 Å². The van der Waals surface area contributed by atoms with Gasteiger partial charge in [-0.1, -0.05) is 30.3 Å². The molecule has 0 unspecified atom stereocenters. The van der Waals surface area contributed by atoms with Crippen molar-refractivity contribution in [1.29, 1.82) is 0 Å². The molecule has 0 spiro atoms. The minimum Gasteiger partial charge on any atom is -0.508 e. The molecule has 0 aromatic heterocycles. The van der Waals surface area contributed by atoms with E-state index in [1.807, 2.05) is 0 Å². The summed E-state index contributed by atoms with van der Waals surface area (Å²) in [5.74, 6) is 1.34. The Kier molecular flexibility index (Phi) is 14.9. The zero-order chi connectivity index (χ0) is 40.0. The van der Waals surface area contributed by atoms with Crippen LogP contribution >= 0.6 is 0 Å². The van der Waals surface area contributed by atoms with Crippen LogP contribution in [0.4, 0.5) is 11.4 Å². The smallest absolute Gasteiger partial charge is 0.261 e. The Morgan fingerprint density at radius 2 is 0.893 bits per heavy atom. The van der Waals surface area contributed by atoms with Crippen LogP contribution in [-0.2, 0) is 32.9 Å². The second kappa shape index (κ2) is 20.0. The number of phenols is 2. The molecular weight excluding hydrogens is 761 g/mol. The Morgan fingerprint density at radius 3 is 1.27 bits per heavy atom. The summed E-state index contributed by atoms with van der Waals surface area (Å²) in [6.07, 6.45) is -0.236. The van der Waals surface area contributed by atoms with Crippen molar-refractivity contribution >= 4 is 31.4 Å². The molecule has 0 radical (unpaired) electrons. The first-order chi connectivity index (χ1) is 26.8. The number of hydrogen-bond acceptors (Lipinski definition) is 12. The van der Waals surface area contributed by atoms with Gasteiger partial charge in [-0.25, -0.2) is 16.8 Å². The van der Waals surface area contributed by atoms with Crippen LogP contribution in [-0.4, -0.2) is 88.9 Å². The molecule has 298 valence electrons. The molecule has 56 heavy (non-hydrogen) atoms. The number of hydrogen-bond donors (Lipinski definition) is 8. The number of nitrogens with one attached hydrogen (secondary N) is 4. The van der Waals surface area contributed by atoms with Crippen molar-refractivity contribution in [1.82, 2.24) is 10.6 Å². The lowest BCUT2D eigenvalue weighted by Gasteiger charge is -2.14. The molecule has 0 aliphatic rings. The van der Waals surface area contributed by atoms with Crippen molar-refractivity contribution < 1.29 is 46.7 Å². The fourth-order valence-corrected chi connectivity index (χ4v) is 7.59. The van der Waals surface area contributed by atoms with Crippen LogP contribution in [0.5, 0.6) is 23.0 Å². The lowest BCUT2D eigenvalue weighted by atomic mass is 10.1. The van der Waals surface area contributed by atoms with Gasteiger partial charge in [0.2, 0.25) is 0 Å². The standard InChI is InChI=1S/C40H46N4O10S2/c45-33-12-16-37(17-13-33)53-27-35(47)25-41-22-20-29-4-8-31(9-5-29)43-55(49,50)39-2-1-3-40(24-39)56(51,52)44-32-10-6-30(7-11-32)21-23-42-26-36(48)28-54-38-18-14-34(46)15-19-38/h1-19,24,35-36,41-48H,20-23,25-28H2/t35-,36-/m0/s1. The van der Waals surface area contributed by atoms with Crippen LogP contribution in [0.15, 0.2) is 131 Å². The maximum absolute atomic E-state index is 13.2. The topological polar surface area (TPSA) is 216 Å². The Bertz CT molecular complexity index is 2030. The van der Waals surface area contributed by atoms with Crippen LogP contribution < -0.4 is 29.6 Å². The van der Waals surface area contributed by atoms with E-state index in [2.05, 4.69) is 20.1 Å². The van der Waals surface area contributed by atoms with E-state index >= 15 is 0 Å². The number of rotatable bonds is 22. The lowest BCUT2D eigenvalue weighted by Crippen LogP contribution is -2.32. The van der Waals surface area contributed by atoms with E-state index < -0.39 is 32.3 Å². The number of aliphatic hydroxyl groups is 2. The summed E-state index contributed by atoms with van der Waals surface area (Å²) in [4.78, 5) is -0.442. The predicted octanol–water partition coefficient (Wildman–Crippen LogP) is 3.84. The third-order valence-electron chi connectivity index (χ3n) is 8.34. The minimum absolute atomic E-state index is 0.0861. The van der Waals surface area contributed by atoms with Crippen LogP contribution in [0.1, 0.15) is 11.1 Å². The maximum atomic E-state index is 13.2. The molecule has 0 bridgehead atoms. The SMILES string of the molecule is O=S(=O)(Nc1ccc(CCNC[C@H](O)COc2ccc(O)cc2)cc1)c1cccc(S(=O)(=O)Nc2ccc(CCNC[C@H](O)COc3ccc(O)cc3)cc2)c1. The molecule has 0 saturated heterocycles. The molecule has 0 amide bonds. The summed E-state index contributed by atoms with van der Waals surface area (Å²) >= 11 is 0. The predicted molar refractivity (Wildman–Crippen MR) is 213 cm³/mol. The average Bonchev–Trinajstić information content (AvgIpc) is 3.19. The highest BCUT2D eigenvalue weighted by atomic mass is 32.2. The van der Waals surface area contributed by atoms with E-state index in [-0.39, 0.29) is 34.5 Å². The van der Waals surface area contributed by atoms with Gasteiger partial charge in [0.15, 0.2) is 0 Å². The normalized spacial score (nSPS) is 12.8. The van der Waals surface area contributed by atoms with Gasteiger partial charge < -0.3 is 40.5 Å². The highest BCUT2D eigenvalue weighted by Crippen LogP contribution is 2.23. The third kappa shape index (κ3) is 13.4.